The smallest absolute Gasteiger partial charge is 0.135 e. The molecule has 0 spiro atoms. The molecule has 51 heavy (non-hydrogen) atoms. The van der Waals surface area contributed by atoms with E-state index < -0.39 is 0 Å². The molecule has 1 aliphatic carbocycles. The van der Waals surface area contributed by atoms with Gasteiger partial charge in [-0.1, -0.05) is 164 Å². The molecule has 0 fully saturated rings. The summed E-state index contributed by atoms with van der Waals surface area (Å²) in [5, 5.41) is 7.47. The SMILES string of the molecule is c1ccc(-c2c3c(c(-c4ccccc4)c4ccccc24)-c2ccc(-c4ccc(-c5ccc6oc7ccccc7c6c5)cc4)c4cccc-3c24)cc1. The number of fused-ring (bicyclic) bond motifs is 7. The largest absolute Gasteiger partial charge is 0.456 e. The number of para-hydroxylation sites is 1. The Kier molecular flexibility index (Phi) is 6.02. The average molecular weight is 647 g/mol. The fourth-order valence-electron chi connectivity index (χ4n) is 8.61. The molecule has 0 unspecified atom stereocenters. The molecule has 1 heteroatoms. The molecule has 0 saturated heterocycles. The number of furan rings is 1. The zero-order chi connectivity index (χ0) is 33.5. The Labute approximate surface area is 295 Å². The molecule has 1 heterocycles. The standard InChI is InChI=1S/C50H30O/c1-3-12-33(13-4-1)46-39-17-7-8-18-40(39)47(34-14-5-2-6-15-34)50-42-28-27-36(38-19-11-20-41(48(38)42)49(46)50)32-24-22-31(23-25-32)35-26-29-45-43(30-35)37-16-9-10-21-44(37)51-45/h1-30H. The summed E-state index contributed by atoms with van der Waals surface area (Å²) < 4.78 is 6.10. The summed E-state index contributed by atoms with van der Waals surface area (Å²) >= 11 is 0. The third kappa shape index (κ3) is 4.16. The van der Waals surface area contributed by atoms with Crippen molar-refractivity contribution in [1.82, 2.24) is 0 Å². The maximum absolute atomic E-state index is 6.10. The van der Waals surface area contributed by atoms with Crippen molar-refractivity contribution in [2.45, 2.75) is 0 Å². The summed E-state index contributed by atoms with van der Waals surface area (Å²) in [7, 11) is 0. The van der Waals surface area contributed by atoms with Gasteiger partial charge in [-0.3, -0.25) is 0 Å². The molecule has 0 aliphatic heterocycles. The lowest BCUT2D eigenvalue weighted by molar-refractivity contribution is 0.669. The third-order valence-corrected chi connectivity index (χ3v) is 10.8. The quantitative estimate of drug-likeness (QED) is 0.185. The highest BCUT2D eigenvalue weighted by atomic mass is 16.3. The summed E-state index contributed by atoms with van der Waals surface area (Å²) in [5.74, 6) is 0. The molecule has 236 valence electrons. The Hall–Kier alpha value is -6.70. The Bertz CT molecular complexity index is 2890. The van der Waals surface area contributed by atoms with Crippen molar-refractivity contribution < 1.29 is 4.42 Å². The molecular formula is C50H30O. The van der Waals surface area contributed by atoms with E-state index in [0.717, 1.165) is 21.9 Å². The molecule has 1 nitrogen and oxygen atoms in total. The van der Waals surface area contributed by atoms with Crippen molar-refractivity contribution >= 4 is 43.5 Å². The van der Waals surface area contributed by atoms with Crippen LogP contribution in [0, 0.1) is 0 Å². The first-order valence-electron chi connectivity index (χ1n) is 17.6. The van der Waals surface area contributed by atoms with Crippen LogP contribution >= 0.6 is 0 Å². The van der Waals surface area contributed by atoms with Crippen molar-refractivity contribution in [3.8, 4) is 66.8 Å². The molecule has 1 aromatic heterocycles. The van der Waals surface area contributed by atoms with Crippen LogP contribution in [0.15, 0.2) is 186 Å². The lowest BCUT2D eigenvalue weighted by atomic mass is 9.82. The topological polar surface area (TPSA) is 13.1 Å². The zero-order valence-electron chi connectivity index (χ0n) is 27.7. The minimum absolute atomic E-state index is 0.921. The van der Waals surface area contributed by atoms with Gasteiger partial charge in [-0.15, -0.1) is 0 Å². The van der Waals surface area contributed by atoms with Crippen molar-refractivity contribution in [3.63, 3.8) is 0 Å². The van der Waals surface area contributed by atoms with Gasteiger partial charge in [-0.2, -0.15) is 0 Å². The fourth-order valence-corrected chi connectivity index (χ4v) is 8.61. The van der Waals surface area contributed by atoms with E-state index in [1.54, 1.807) is 0 Å². The van der Waals surface area contributed by atoms with Gasteiger partial charge in [0.15, 0.2) is 0 Å². The minimum Gasteiger partial charge on any atom is -0.456 e. The van der Waals surface area contributed by atoms with Crippen LogP contribution in [0.3, 0.4) is 0 Å². The summed E-state index contributed by atoms with van der Waals surface area (Å²) in [6.45, 7) is 0. The Morgan fingerprint density at radius 1 is 0.255 bits per heavy atom. The summed E-state index contributed by atoms with van der Waals surface area (Å²) in [6.07, 6.45) is 0. The van der Waals surface area contributed by atoms with Crippen LogP contribution in [0.25, 0.3) is 110 Å². The van der Waals surface area contributed by atoms with E-state index in [0.29, 0.717) is 0 Å². The van der Waals surface area contributed by atoms with Crippen molar-refractivity contribution in [2.75, 3.05) is 0 Å². The van der Waals surface area contributed by atoms with E-state index in [4.69, 9.17) is 4.42 Å². The number of hydrogen-bond donors (Lipinski definition) is 0. The second kappa shape index (κ2) is 10.9. The molecule has 0 saturated carbocycles. The van der Waals surface area contributed by atoms with Gasteiger partial charge in [0.25, 0.3) is 0 Å². The molecule has 0 amide bonds. The van der Waals surface area contributed by atoms with Gasteiger partial charge < -0.3 is 4.42 Å². The predicted octanol–water partition coefficient (Wildman–Crippen LogP) is 14.2. The molecule has 0 atom stereocenters. The normalized spacial score (nSPS) is 11.9. The van der Waals surface area contributed by atoms with E-state index in [1.807, 2.05) is 12.1 Å². The van der Waals surface area contributed by atoms with Crippen LogP contribution in [-0.2, 0) is 0 Å². The van der Waals surface area contributed by atoms with Crippen LogP contribution in [0.1, 0.15) is 0 Å². The minimum atomic E-state index is 0.921. The lowest BCUT2D eigenvalue weighted by Gasteiger charge is -2.20. The van der Waals surface area contributed by atoms with Gasteiger partial charge in [-0.25, -0.2) is 0 Å². The predicted molar refractivity (Wildman–Crippen MR) is 215 cm³/mol. The molecule has 10 aromatic rings. The maximum atomic E-state index is 6.10. The monoisotopic (exact) mass is 646 g/mol. The van der Waals surface area contributed by atoms with E-state index in [9.17, 15) is 0 Å². The van der Waals surface area contributed by atoms with Gasteiger partial charge in [0.1, 0.15) is 11.2 Å². The van der Waals surface area contributed by atoms with Gasteiger partial charge >= 0.3 is 0 Å². The van der Waals surface area contributed by atoms with Gasteiger partial charge in [-0.05, 0) is 107 Å². The van der Waals surface area contributed by atoms with E-state index >= 15 is 0 Å². The molecule has 0 radical (unpaired) electrons. The first-order valence-corrected chi connectivity index (χ1v) is 17.6. The Morgan fingerprint density at radius 3 is 1.45 bits per heavy atom. The summed E-state index contributed by atoms with van der Waals surface area (Å²) in [4.78, 5) is 0. The van der Waals surface area contributed by atoms with Gasteiger partial charge in [0.2, 0.25) is 0 Å². The Morgan fingerprint density at radius 2 is 0.765 bits per heavy atom. The highest BCUT2D eigenvalue weighted by Gasteiger charge is 2.31. The van der Waals surface area contributed by atoms with Crippen LogP contribution < -0.4 is 0 Å². The molecular weight excluding hydrogens is 617 g/mol. The van der Waals surface area contributed by atoms with Gasteiger partial charge in [0.05, 0.1) is 0 Å². The van der Waals surface area contributed by atoms with E-state index in [2.05, 4.69) is 170 Å². The highest BCUT2D eigenvalue weighted by Crippen LogP contribution is 2.58. The summed E-state index contributed by atoms with van der Waals surface area (Å²) in [5.41, 5.74) is 17.0. The van der Waals surface area contributed by atoms with E-state index in [-0.39, 0.29) is 0 Å². The van der Waals surface area contributed by atoms with Crippen LogP contribution in [0.5, 0.6) is 0 Å². The number of benzene rings is 9. The van der Waals surface area contributed by atoms with Crippen molar-refractivity contribution in [1.29, 1.82) is 0 Å². The van der Waals surface area contributed by atoms with Crippen LogP contribution in [-0.4, -0.2) is 0 Å². The molecule has 0 N–H and O–H groups in total. The third-order valence-electron chi connectivity index (χ3n) is 10.8. The maximum Gasteiger partial charge on any atom is 0.135 e. The first-order chi connectivity index (χ1) is 25.3. The van der Waals surface area contributed by atoms with Crippen LogP contribution in [0.2, 0.25) is 0 Å². The first kappa shape index (κ1) is 28.2. The summed E-state index contributed by atoms with van der Waals surface area (Å²) in [6, 6.07) is 66.2. The van der Waals surface area contributed by atoms with E-state index in [1.165, 1.54) is 88.3 Å². The second-order valence-electron chi connectivity index (χ2n) is 13.6. The van der Waals surface area contributed by atoms with Crippen molar-refractivity contribution in [3.05, 3.63) is 182 Å². The molecule has 9 aromatic carbocycles. The van der Waals surface area contributed by atoms with Crippen molar-refractivity contribution in [2.24, 2.45) is 0 Å². The zero-order valence-corrected chi connectivity index (χ0v) is 27.7. The van der Waals surface area contributed by atoms with Crippen LogP contribution in [0.4, 0.5) is 0 Å². The van der Waals surface area contributed by atoms with Gasteiger partial charge in [0, 0.05) is 10.8 Å². The fraction of sp³-hybridized carbons (Fsp3) is 0. The number of rotatable bonds is 4. The lowest BCUT2D eigenvalue weighted by Crippen LogP contribution is -1.93. The molecule has 0 bridgehead atoms. The molecule has 1 aliphatic rings. The average Bonchev–Trinajstić information content (AvgIpc) is 3.74. The second-order valence-corrected chi connectivity index (χ2v) is 13.6. The molecule has 11 rings (SSSR count). The number of hydrogen-bond acceptors (Lipinski definition) is 1. The highest BCUT2D eigenvalue weighted by molar-refractivity contribution is 6.28. The Balaban J connectivity index is 1.12.